The number of nitrogens with one attached hydrogen (secondary N) is 1. The highest BCUT2D eigenvalue weighted by atomic mass is 79.9. The molecule has 1 aromatic carbocycles. The van der Waals surface area contributed by atoms with Crippen LogP contribution in [0, 0.1) is 0 Å². The summed E-state index contributed by atoms with van der Waals surface area (Å²) in [4.78, 5) is 11.2. The van der Waals surface area contributed by atoms with Crippen LogP contribution in [0.25, 0.3) is 0 Å². The number of benzene rings is 1. The van der Waals surface area contributed by atoms with E-state index in [9.17, 15) is 9.90 Å². The van der Waals surface area contributed by atoms with Gasteiger partial charge in [0.15, 0.2) is 0 Å². The van der Waals surface area contributed by atoms with E-state index in [0.717, 1.165) is 0 Å². The summed E-state index contributed by atoms with van der Waals surface area (Å²) in [5.74, 6) is -0.955. The molecule has 0 radical (unpaired) electrons. The van der Waals surface area contributed by atoms with E-state index in [-0.39, 0.29) is 0 Å². The number of carboxylic acid groups (broad SMARTS) is 1. The van der Waals surface area contributed by atoms with Crippen LogP contribution in [0.4, 0.5) is 0 Å². The van der Waals surface area contributed by atoms with Gasteiger partial charge in [-0.1, -0.05) is 27.5 Å². The van der Waals surface area contributed by atoms with Crippen LogP contribution in [-0.4, -0.2) is 31.3 Å². The zero-order chi connectivity index (χ0) is 12.8. The lowest BCUT2D eigenvalue weighted by molar-refractivity contribution is -0.139. The number of halogens is 2. The summed E-state index contributed by atoms with van der Waals surface area (Å²) in [6, 6.07) is 4.25. The summed E-state index contributed by atoms with van der Waals surface area (Å²) < 4.78 is 5.58. The Morgan fingerprint density at radius 3 is 2.94 bits per heavy atom. The van der Waals surface area contributed by atoms with E-state index < -0.39 is 12.0 Å². The smallest absolute Gasteiger partial charge is 0.325 e. The third-order valence-corrected chi connectivity index (χ3v) is 3.13. The minimum atomic E-state index is -0.955. The highest BCUT2D eigenvalue weighted by Gasteiger charge is 2.21. The molecule has 0 heterocycles. The quantitative estimate of drug-likeness (QED) is 0.790. The molecule has 1 atom stereocenters. The van der Waals surface area contributed by atoms with Crippen LogP contribution < -0.4 is 5.32 Å². The van der Waals surface area contributed by atoms with E-state index in [1.807, 2.05) is 0 Å². The van der Waals surface area contributed by atoms with Gasteiger partial charge in [-0.15, -0.1) is 0 Å². The van der Waals surface area contributed by atoms with Gasteiger partial charge in [-0.2, -0.15) is 0 Å². The maximum Gasteiger partial charge on any atom is 0.325 e. The Bertz CT molecular complexity index is 400. The molecular weight excluding hydrogens is 309 g/mol. The topological polar surface area (TPSA) is 58.6 Å². The molecule has 0 spiro atoms. The van der Waals surface area contributed by atoms with Crippen molar-refractivity contribution >= 4 is 33.5 Å². The number of hydrogen-bond donors (Lipinski definition) is 2. The molecule has 0 saturated carbocycles. The molecule has 6 heteroatoms. The second-order valence-electron chi connectivity index (χ2n) is 3.38. The summed E-state index contributed by atoms with van der Waals surface area (Å²) in [6.45, 7) is 0.897. The van der Waals surface area contributed by atoms with Crippen molar-refractivity contribution in [3.63, 3.8) is 0 Å². The molecular formula is C11H13BrClNO3. The molecule has 0 aromatic heterocycles. The highest BCUT2D eigenvalue weighted by Crippen LogP contribution is 2.26. The lowest BCUT2D eigenvalue weighted by Gasteiger charge is -2.16. The molecule has 1 aromatic rings. The van der Waals surface area contributed by atoms with E-state index >= 15 is 0 Å². The predicted octanol–water partition coefficient (Wildman–Crippen LogP) is 2.46. The van der Waals surface area contributed by atoms with Crippen molar-refractivity contribution < 1.29 is 14.6 Å². The third-order valence-electron chi connectivity index (χ3n) is 2.17. The van der Waals surface area contributed by atoms with E-state index in [2.05, 4.69) is 21.2 Å². The molecule has 0 saturated heterocycles. The van der Waals surface area contributed by atoms with Crippen LogP contribution in [-0.2, 0) is 9.53 Å². The molecule has 0 aliphatic rings. The molecule has 94 valence electrons. The molecule has 1 unspecified atom stereocenters. The molecule has 0 aliphatic heterocycles. The predicted molar refractivity (Wildman–Crippen MR) is 69.4 cm³/mol. The first-order valence-electron chi connectivity index (χ1n) is 4.96. The van der Waals surface area contributed by atoms with E-state index in [1.54, 1.807) is 25.3 Å². The first kappa shape index (κ1) is 14.4. The van der Waals surface area contributed by atoms with Gasteiger partial charge < -0.3 is 9.84 Å². The zero-order valence-electron chi connectivity index (χ0n) is 9.24. The lowest BCUT2D eigenvalue weighted by atomic mass is 10.1. The molecule has 1 rings (SSSR count). The van der Waals surface area contributed by atoms with E-state index in [4.69, 9.17) is 16.3 Å². The van der Waals surface area contributed by atoms with Gasteiger partial charge >= 0.3 is 5.97 Å². The van der Waals surface area contributed by atoms with Crippen LogP contribution in [0.5, 0.6) is 0 Å². The Morgan fingerprint density at radius 2 is 2.35 bits per heavy atom. The van der Waals surface area contributed by atoms with Gasteiger partial charge in [-0.25, -0.2) is 0 Å². The minimum Gasteiger partial charge on any atom is -0.480 e. The van der Waals surface area contributed by atoms with Crippen molar-refractivity contribution in [2.45, 2.75) is 6.04 Å². The van der Waals surface area contributed by atoms with Crippen molar-refractivity contribution in [2.75, 3.05) is 20.3 Å². The lowest BCUT2D eigenvalue weighted by Crippen LogP contribution is -2.31. The second-order valence-corrected chi connectivity index (χ2v) is 4.67. The number of aliphatic carboxylic acids is 1. The zero-order valence-corrected chi connectivity index (χ0v) is 11.6. The Morgan fingerprint density at radius 1 is 1.65 bits per heavy atom. The van der Waals surface area contributed by atoms with Crippen LogP contribution in [0.3, 0.4) is 0 Å². The first-order valence-corrected chi connectivity index (χ1v) is 6.13. The Balaban J connectivity index is 2.89. The summed E-state index contributed by atoms with van der Waals surface area (Å²) in [6.07, 6.45) is 0. The minimum absolute atomic E-state index is 0.446. The van der Waals surface area contributed by atoms with Crippen LogP contribution in [0.15, 0.2) is 22.7 Å². The first-order chi connectivity index (χ1) is 8.06. The second kappa shape index (κ2) is 6.96. The normalized spacial score (nSPS) is 12.4. The molecule has 0 bridgehead atoms. The summed E-state index contributed by atoms with van der Waals surface area (Å²) in [5.41, 5.74) is 0.598. The van der Waals surface area contributed by atoms with Crippen LogP contribution in [0.2, 0.25) is 5.02 Å². The van der Waals surface area contributed by atoms with E-state index in [1.165, 1.54) is 0 Å². The molecule has 4 nitrogen and oxygen atoms in total. The van der Waals surface area contributed by atoms with Gasteiger partial charge in [0.1, 0.15) is 6.04 Å². The highest BCUT2D eigenvalue weighted by molar-refractivity contribution is 9.10. The standard InChI is InChI=1S/C11H13BrClNO3/c1-17-5-4-14-10(11(15)16)8-6-7(13)2-3-9(8)12/h2-3,6,10,14H,4-5H2,1H3,(H,15,16). The number of hydrogen-bond acceptors (Lipinski definition) is 3. The van der Waals surface area contributed by atoms with Gasteiger partial charge in [0.2, 0.25) is 0 Å². The Hall–Kier alpha value is -0.620. The van der Waals surface area contributed by atoms with Crippen molar-refractivity contribution in [3.8, 4) is 0 Å². The average molecular weight is 323 g/mol. The number of rotatable bonds is 6. The summed E-state index contributed by atoms with van der Waals surface area (Å²) in [7, 11) is 1.56. The van der Waals surface area contributed by atoms with Gasteiger partial charge in [0.25, 0.3) is 0 Å². The van der Waals surface area contributed by atoms with Crippen molar-refractivity contribution in [3.05, 3.63) is 33.3 Å². The molecule has 2 N–H and O–H groups in total. The fourth-order valence-corrected chi connectivity index (χ4v) is 2.03. The van der Waals surface area contributed by atoms with Crippen molar-refractivity contribution in [1.82, 2.24) is 5.32 Å². The van der Waals surface area contributed by atoms with E-state index in [0.29, 0.717) is 28.2 Å². The SMILES string of the molecule is COCCNC(C(=O)O)c1cc(Cl)ccc1Br. The van der Waals surface area contributed by atoms with Crippen LogP contribution in [0.1, 0.15) is 11.6 Å². The Labute approximate surface area is 113 Å². The summed E-state index contributed by atoms with van der Waals surface area (Å²) in [5, 5.41) is 12.6. The van der Waals surface area contributed by atoms with Gasteiger partial charge in [0.05, 0.1) is 6.61 Å². The number of methoxy groups -OCH3 is 1. The maximum absolute atomic E-state index is 11.2. The van der Waals surface area contributed by atoms with Gasteiger partial charge in [0, 0.05) is 23.1 Å². The van der Waals surface area contributed by atoms with Crippen molar-refractivity contribution in [2.24, 2.45) is 0 Å². The van der Waals surface area contributed by atoms with Gasteiger partial charge in [-0.05, 0) is 23.8 Å². The third kappa shape index (κ3) is 4.27. The number of carboxylic acids is 1. The molecule has 17 heavy (non-hydrogen) atoms. The molecule has 0 amide bonds. The van der Waals surface area contributed by atoms with Gasteiger partial charge in [-0.3, -0.25) is 10.1 Å². The average Bonchev–Trinajstić information content (AvgIpc) is 2.28. The molecule has 0 aliphatic carbocycles. The number of ether oxygens (including phenoxy) is 1. The fourth-order valence-electron chi connectivity index (χ4n) is 1.37. The summed E-state index contributed by atoms with van der Waals surface area (Å²) >= 11 is 9.18. The van der Waals surface area contributed by atoms with Crippen molar-refractivity contribution in [1.29, 1.82) is 0 Å². The monoisotopic (exact) mass is 321 g/mol. The van der Waals surface area contributed by atoms with Crippen LogP contribution >= 0.6 is 27.5 Å². The number of carbonyl (C=O) groups is 1. The maximum atomic E-state index is 11.2. The molecule has 0 fully saturated rings. The Kier molecular flexibility index (Phi) is 5.91. The largest absolute Gasteiger partial charge is 0.480 e. The fraction of sp³-hybridized carbons (Fsp3) is 0.364.